The average Bonchev–Trinajstić information content (AvgIpc) is 3.25. The van der Waals surface area contributed by atoms with E-state index in [1.165, 1.54) is 6.07 Å². The van der Waals surface area contributed by atoms with E-state index in [-0.39, 0.29) is 12.1 Å². The van der Waals surface area contributed by atoms with E-state index in [1.807, 2.05) is 31.2 Å². The van der Waals surface area contributed by atoms with E-state index in [0.717, 1.165) is 23.0 Å². The summed E-state index contributed by atoms with van der Waals surface area (Å²) in [6, 6.07) is 11.3. The molecule has 0 saturated carbocycles. The van der Waals surface area contributed by atoms with Gasteiger partial charge in [0.1, 0.15) is 5.82 Å². The first-order valence-electron chi connectivity index (χ1n) is 10.7. The maximum Gasteiger partial charge on any atom is 0.315 e. The topological polar surface area (TPSA) is 95.2 Å². The number of morpholine rings is 1. The fraction of sp³-hybridized carbons (Fsp3) is 0.348. The highest BCUT2D eigenvalue weighted by Crippen LogP contribution is 2.16. The molecule has 2 heterocycles. The van der Waals surface area contributed by atoms with Crippen molar-refractivity contribution in [1.29, 1.82) is 0 Å². The summed E-state index contributed by atoms with van der Waals surface area (Å²) in [5, 5.41) is 12.6. The number of aryl methyl sites for hydroxylation is 1. The summed E-state index contributed by atoms with van der Waals surface area (Å²) in [6.07, 6.45) is -0.188. The zero-order chi connectivity index (χ0) is 23.2. The number of rotatable bonds is 7. The smallest absolute Gasteiger partial charge is 0.315 e. The van der Waals surface area contributed by atoms with Gasteiger partial charge in [-0.05, 0) is 36.2 Å². The van der Waals surface area contributed by atoms with Crippen molar-refractivity contribution in [3.63, 3.8) is 0 Å². The molecule has 1 fully saturated rings. The summed E-state index contributed by atoms with van der Waals surface area (Å²) in [4.78, 5) is 18.7. The second-order valence-corrected chi connectivity index (χ2v) is 7.98. The monoisotopic (exact) mass is 456 g/mol. The van der Waals surface area contributed by atoms with E-state index in [0.29, 0.717) is 50.7 Å². The number of amides is 2. The number of halogens is 2. The van der Waals surface area contributed by atoms with Crippen LogP contribution in [0.5, 0.6) is 0 Å². The van der Waals surface area contributed by atoms with E-state index in [4.69, 9.17) is 4.74 Å². The van der Waals surface area contributed by atoms with Gasteiger partial charge in [-0.25, -0.2) is 18.6 Å². The van der Waals surface area contributed by atoms with E-state index < -0.39 is 11.6 Å². The molecule has 0 spiro atoms. The quantitative estimate of drug-likeness (QED) is 0.508. The first-order valence-corrected chi connectivity index (χ1v) is 10.7. The van der Waals surface area contributed by atoms with Gasteiger partial charge in [0.25, 0.3) is 0 Å². The highest BCUT2D eigenvalue weighted by molar-refractivity contribution is 5.73. The molecular weight excluding hydrogens is 430 g/mol. The molecule has 10 heteroatoms. The number of nitrogens with one attached hydrogen (secondary N) is 3. The molecule has 1 saturated heterocycles. The molecule has 0 bridgehead atoms. The maximum absolute atomic E-state index is 13.4. The van der Waals surface area contributed by atoms with Crippen LogP contribution in [0.3, 0.4) is 0 Å². The van der Waals surface area contributed by atoms with Gasteiger partial charge in [-0.15, -0.1) is 0 Å². The van der Waals surface area contributed by atoms with Crippen LogP contribution in [0.15, 0.2) is 42.5 Å². The lowest BCUT2D eigenvalue weighted by Gasteiger charge is -2.33. The summed E-state index contributed by atoms with van der Waals surface area (Å²) in [5.74, 6) is -0.354. The molecule has 1 aliphatic rings. The van der Waals surface area contributed by atoms with Gasteiger partial charge in [0, 0.05) is 38.3 Å². The Hall–Kier alpha value is -3.37. The third kappa shape index (κ3) is 6.33. The van der Waals surface area contributed by atoms with Gasteiger partial charge < -0.3 is 15.4 Å². The second kappa shape index (κ2) is 10.5. The van der Waals surface area contributed by atoms with Crippen LogP contribution in [0.25, 0.3) is 11.4 Å². The fourth-order valence-corrected chi connectivity index (χ4v) is 3.69. The lowest BCUT2D eigenvalue weighted by molar-refractivity contribution is -0.0287. The van der Waals surface area contributed by atoms with Gasteiger partial charge in [0.2, 0.25) is 0 Å². The lowest BCUT2D eigenvalue weighted by Crippen LogP contribution is -2.48. The SMILES string of the molecule is Cc1nc(-c2cccc(CNC(=O)NC[C@H]3CN(Cc4ccc(F)c(F)c4)CCO3)c2)n[nH]1. The summed E-state index contributed by atoms with van der Waals surface area (Å²) in [7, 11) is 0. The number of hydrogen-bond acceptors (Lipinski definition) is 5. The fourth-order valence-electron chi connectivity index (χ4n) is 3.69. The first-order chi connectivity index (χ1) is 16.0. The molecule has 1 aromatic heterocycles. The Morgan fingerprint density at radius 3 is 2.85 bits per heavy atom. The van der Waals surface area contributed by atoms with E-state index in [9.17, 15) is 13.6 Å². The third-order valence-corrected chi connectivity index (χ3v) is 5.34. The number of hydrogen-bond donors (Lipinski definition) is 3. The van der Waals surface area contributed by atoms with Crippen molar-refractivity contribution in [1.82, 2.24) is 30.7 Å². The van der Waals surface area contributed by atoms with Crippen LogP contribution in [0.1, 0.15) is 17.0 Å². The van der Waals surface area contributed by atoms with Crippen molar-refractivity contribution >= 4 is 6.03 Å². The van der Waals surface area contributed by atoms with Crippen molar-refractivity contribution in [2.24, 2.45) is 0 Å². The summed E-state index contributed by atoms with van der Waals surface area (Å²) in [6.45, 7) is 4.80. The Bertz CT molecular complexity index is 1110. The highest BCUT2D eigenvalue weighted by Gasteiger charge is 2.21. The number of aromatic amines is 1. The molecule has 0 radical (unpaired) electrons. The van der Waals surface area contributed by atoms with Crippen LogP contribution in [-0.2, 0) is 17.8 Å². The number of carbonyl (C=O) groups excluding carboxylic acids is 1. The van der Waals surface area contributed by atoms with Crippen molar-refractivity contribution in [3.8, 4) is 11.4 Å². The number of H-pyrrole nitrogens is 1. The normalized spacial score (nSPS) is 16.5. The molecular formula is C23H26F2N6O2. The summed E-state index contributed by atoms with van der Waals surface area (Å²) >= 11 is 0. The van der Waals surface area contributed by atoms with Gasteiger partial charge in [-0.1, -0.05) is 24.3 Å². The van der Waals surface area contributed by atoms with Crippen LogP contribution in [0.4, 0.5) is 13.6 Å². The van der Waals surface area contributed by atoms with Crippen LogP contribution in [0.2, 0.25) is 0 Å². The minimum absolute atomic E-state index is 0.188. The minimum Gasteiger partial charge on any atom is -0.374 e. The zero-order valence-electron chi connectivity index (χ0n) is 18.3. The first kappa shape index (κ1) is 22.8. The Morgan fingerprint density at radius 1 is 1.18 bits per heavy atom. The van der Waals surface area contributed by atoms with Gasteiger partial charge in [0.15, 0.2) is 17.5 Å². The Morgan fingerprint density at radius 2 is 2.06 bits per heavy atom. The highest BCUT2D eigenvalue weighted by atomic mass is 19.2. The Labute approximate surface area is 190 Å². The number of carbonyl (C=O) groups is 1. The number of benzene rings is 2. The van der Waals surface area contributed by atoms with Crippen LogP contribution < -0.4 is 10.6 Å². The van der Waals surface area contributed by atoms with Gasteiger partial charge in [0.05, 0.1) is 12.7 Å². The van der Waals surface area contributed by atoms with Crippen molar-refractivity contribution in [2.45, 2.75) is 26.1 Å². The Balaban J connectivity index is 1.22. The molecule has 1 atom stereocenters. The predicted molar refractivity (Wildman–Crippen MR) is 118 cm³/mol. The molecule has 8 nitrogen and oxygen atoms in total. The van der Waals surface area contributed by atoms with Crippen LogP contribution >= 0.6 is 0 Å². The largest absolute Gasteiger partial charge is 0.374 e. The molecule has 174 valence electrons. The summed E-state index contributed by atoms with van der Waals surface area (Å²) in [5.41, 5.74) is 2.50. The third-order valence-electron chi connectivity index (χ3n) is 5.34. The van der Waals surface area contributed by atoms with E-state index in [2.05, 4.69) is 30.7 Å². The van der Waals surface area contributed by atoms with Crippen LogP contribution in [0, 0.1) is 18.6 Å². The van der Waals surface area contributed by atoms with Gasteiger partial charge >= 0.3 is 6.03 Å². The molecule has 3 N–H and O–H groups in total. The molecule has 3 aromatic rings. The second-order valence-electron chi connectivity index (χ2n) is 7.98. The van der Waals surface area contributed by atoms with Crippen molar-refractivity contribution < 1.29 is 18.3 Å². The average molecular weight is 456 g/mol. The predicted octanol–water partition coefficient (Wildman–Crippen LogP) is 2.76. The lowest BCUT2D eigenvalue weighted by atomic mass is 10.1. The molecule has 2 aromatic carbocycles. The molecule has 0 unspecified atom stereocenters. The van der Waals surface area contributed by atoms with Crippen molar-refractivity contribution in [3.05, 3.63) is 71.1 Å². The number of urea groups is 1. The molecule has 1 aliphatic heterocycles. The molecule has 33 heavy (non-hydrogen) atoms. The van der Waals surface area contributed by atoms with Gasteiger partial charge in [-0.3, -0.25) is 10.00 Å². The maximum atomic E-state index is 13.4. The number of nitrogens with zero attached hydrogens (tertiary/aromatic N) is 3. The van der Waals surface area contributed by atoms with E-state index in [1.54, 1.807) is 6.07 Å². The van der Waals surface area contributed by atoms with Crippen molar-refractivity contribution in [2.75, 3.05) is 26.2 Å². The zero-order valence-corrected chi connectivity index (χ0v) is 18.3. The number of aromatic nitrogens is 3. The van der Waals surface area contributed by atoms with Gasteiger partial charge in [-0.2, -0.15) is 5.10 Å². The summed E-state index contributed by atoms with van der Waals surface area (Å²) < 4.78 is 32.3. The number of ether oxygens (including phenoxy) is 1. The van der Waals surface area contributed by atoms with E-state index >= 15 is 0 Å². The standard InChI is InChI=1S/C23H26F2N6O2/c1-15-28-22(30-29-15)18-4-2-3-16(9-18)11-26-23(32)27-12-19-14-31(7-8-33-19)13-17-5-6-20(24)21(25)10-17/h2-6,9-10,19H,7-8,11-14H2,1H3,(H2,26,27,32)(H,28,29,30)/t19-/m0/s1. The molecule has 2 amide bonds. The minimum atomic E-state index is -0.853. The molecule has 4 rings (SSSR count). The Kier molecular flexibility index (Phi) is 7.26. The molecule has 0 aliphatic carbocycles. The van der Waals surface area contributed by atoms with Crippen LogP contribution in [-0.4, -0.2) is 58.5 Å².